The first-order valence-corrected chi connectivity index (χ1v) is 5.01. The fourth-order valence-electron chi connectivity index (χ4n) is 1.16. The van der Waals surface area contributed by atoms with Gasteiger partial charge in [0.1, 0.15) is 0 Å². The summed E-state index contributed by atoms with van der Waals surface area (Å²) in [7, 11) is 1.69. The average Bonchev–Trinajstić information content (AvgIpc) is 2.21. The topological polar surface area (TPSA) is 70.1 Å². The Balaban J connectivity index is 3.85. The van der Waals surface area contributed by atoms with E-state index in [9.17, 15) is 4.79 Å². The standard InChI is InChI=1S/C10H19N3O/c1-3-4-6-9(12)10(14)13(2)8-5-7-11/h9H,3-6,8,12H2,1-2H3/t9-/m0/s1. The van der Waals surface area contributed by atoms with Crippen LogP contribution in [0.3, 0.4) is 0 Å². The van der Waals surface area contributed by atoms with Crippen molar-refractivity contribution in [2.24, 2.45) is 5.73 Å². The highest BCUT2D eigenvalue weighted by atomic mass is 16.2. The van der Waals surface area contributed by atoms with Crippen molar-refractivity contribution in [2.45, 2.75) is 38.6 Å². The first-order chi connectivity index (χ1) is 6.63. The van der Waals surface area contributed by atoms with Crippen LogP contribution in [0, 0.1) is 11.3 Å². The summed E-state index contributed by atoms with van der Waals surface area (Å²) < 4.78 is 0. The largest absolute Gasteiger partial charge is 0.343 e. The van der Waals surface area contributed by atoms with Crippen molar-refractivity contribution in [3.05, 3.63) is 0 Å². The fraction of sp³-hybridized carbons (Fsp3) is 0.800. The second-order valence-corrected chi connectivity index (χ2v) is 3.42. The molecule has 0 saturated heterocycles. The van der Waals surface area contributed by atoms with E-state index < -0.39 is 6.04 Å². The van der Waals surface area contributed by atoms with Crippen molar-refractivity contribution in [2.75, 3.05) is 13.6 Å². The third-order valence-electron chi connectivity index (χ3n) is 2.12. The summed E-state index contributed by atoms with van der Waals surface area (Å²) in [6.07, 6.45) is 3.11. The highest BCUT2D eigenvalue weighted by molar-refractivity contribution is 5.81. The zero-order valence-electron chi connectivity index (χ0n) is 8.99. The molecule has 4 heteroatoms. The number of rotatable bonds is 6. The molecule has 0 radical (unpaired) electrons. The van der Waals surface area contributed by atoms with Crippen LogP contribution >= 0.6 is 0 Å². The van der Waals surface area contributed by atoms with Gasteiger partial charge in [-0.2, -0.15) is 5.26 Å². The Morgan fingerprint density at radius 2 is 2.29 bits per heavy atom. The molecule has 14 heavy (non-hydrogen) atoms. The van der Waals surface area contributed by atoms with Crippen molar-refractivity contribution in [3.8, 4) is 6.07 Å². The molecule has 0 fully saturated rings. The van der Waals surface area contributed by atoms with Crippen LogP contribution in [-0.4, -0.2) is 30.4 Å². The highest BCUT2D eigenvalue weighted by Crippen LogP contribution is 2.01. The van der Waals surface area contributed by atoms with Gasteiger partial charge in [-0.15, -0.1) is 0 Å². The smallest absolute Gasteiger partial charge is 0.239 e. The molecule has 1 amide bonds. The Labute approximate surface area is 85.7 Å². The molecule has 0 aromatic carbocycles. The van der Waals surface area contributed by atoms with E-state index in [-0.39, 0.29) is 5.91 Å². The lowest BCUT2D eigenvalue weighted by atomic mass is 10.1. The molecule has 80 valence electrons. The Morgan fingerprint density at radius 1 is 1.64 bits per heavy atom. The van der Waals surface area contributed by atoms with Gasteiger partial charge < -0.3 is 10.6 Å². The summed E-state index contributed by atoms with van der Waals surface area (Å²) >= 11 is 0. The van der Waals surface area contributed by atoms with Crippen LogP contribution in [0.1, 0.15) is 32.6 Å². The average molecular weight is 197 g/mol. The normalized spacial score (nSPS) is 11.9. The van der Waals surface area contributed by atoms with Crippen LogP contribution in [0.4, 0.5) is 0 Å². The molecule has 0 aliphatic rings. The summed E-state index contributed by atoms with van der Waals surface area (Å²) in [6.45, 7) is 2.53. The van der Waals surface area contributed by atoms with E-state index in [0.29, 0.717) is 13.0 Å². The maximum atomic E-state index is 11.5. The summed E-state index contributed by atoms with van der Waals surface area (Å²) in [4.78, 5) is 13.1. The second-order valence-electron chi connectivity index (χ2n) is 3.42. The number of carbonyl (C=O) groups is 1. The van der Waals surface area contributed by atoms with Crippen molar-refractivity contribution in [3.63, 3.8) is 0 Å². The fourth-order valence-corrected chi connectivity index (χ4v) is 1.16. The molecule has 2 N–H and O–H groups in total. The summed E-state index contributed by atoms with van der Waals surface area (Å²) in [5.74, 6) is -0.0614. The first-order valence-electron chi connectivity index (χ1n) is 5.01. The van der Waals surface area contributed by atoms with Crippen molar-refractivity contribution < 1.29 is 4.79 Å². The van der Waals surface area contributed by atoms with Crippen LogP contribution in [0.5, 0.6) is 0 Å². The van der Waals surface area contributed by atoms with Crippen LogP contribution in [0.2, 0.25) is 0 Å². The number of hydrogen-bond donors (Lipinski definition) is 1. The molecule has 0 heterocycles. The molecular weight excluding hydrogens is 178 g/mol. The molecule has 0 spiro atoms. The maximum absolute atomic E-state index is 11.5. The van der Waals surface area contributed by atoms with E-state index in [4.69, 9.17) is 11.0 Å². The van der Waals surface area contributed by atoms with Gasteiger partial charge in [0, 0.05) is 13.6 Å². The van der Waals surface area contributed by atoms with Gasteiger partial charge >= 0.3 is 0 Å². The molecule has 4 nitrogen and oxygen atoms in total. The molecule has 0 aromatic heterocycles. The van der Waals surface area contributed by atoms with Crippen molar-refractivity contribution in [1.82, 2.24) is 4.90 Å². The zero-order chi connectivity index (χ0) is 11.0. The van der Waals surface area contributed by atoms with E-state index >= 15 is 0 Å². The molecule has 0 rings (SSSR count). The molecule has 1 atom stereocenters. The number of likely N-dealkylation sites (N-methyl/N-ethyl adjacent to an activating group) is 1. The Bertz CT molecular complexity index is 210. The van der Waals surface area contributed by atoms with Gasteiger partial charge in [0.25, 0.3) is 0 Å². The highest BCUT2D eigenvalue weighted by Gasteiger charge is 2.16. The van der Waals surface area contributed by atoms with Crippen LogP contribution in [-0.2, 0) is 4.79 Å². The van der Waals surface area contributed by atoms with Gasteiger partial charge in [0.05, 0.1) is 18.5 Å². The number of hydrogen-bond acceptors (Lipinski definition) is 3. The van der Waals surface area contributed by atoms with Crippen molar-refractivity contribution >= 4 is 5.91 Å². The third kappa shape index (κ3) is 4.83. The Hall–Kier alpha value is -1.08. The summed E-state index contributed by atoms with van der Waals surface area (Å²) in [5.41, 5.74) is 5.70. The Kier molecular flexibility index (Phi) is 6.77. The van der Waals surface area contributed by atoms with Crippen molar-refractivity contribution in [1.29, 1.82) is 5.26 Å². The van der Waals surface area contributed by atoms with Gasteiger partial charge in [-0.25, -0.2) is 0 Å². The Morgan fingerprint density at radius 3 is 2.79 bits per heavy atom. The summed E-state index contributed by atoms with van der Waals surface area (Å²) in [5, 5.41) is 8.36. The third-order valence-corrected chi connectivity index (χ3v) is 2.12. The van der Waals surface area contributed by atoms with Gasteiger partial charge in [0.15, 0.2) is 0 Å². The molecule has 0 saturated carbocycles. The maximum Gasteiger partial charge on any atom is 0.239 e. The number of nitrogens with zero attached hydrogens (tertiary/aromatic N) is 2. The molecule has 0 aliphatic heterocycles. The number of carbonyl (C=O) groups excluding carboxylic acids is 1. The molecule has 0 bridgehead atoms. The SMILES string of the molecule is CCCC[C@H](N)C(=O)N(C)CCC#N. The van der Waals surface area contributed by atoms with E-state index in [2.05, 4.69) is 6.92 Å². The lowest BCUT2D eigenvalue weighted by Gasteiger charge is -2.19. The quantitative estimate of drug-likeness (QED) is 0.687. The number of unbranched alkanes of at least 4 members (excludes halogenated alkanes) is 1. The van der Waals surface area contributed by atoms with Crippen LogP contribution in [0.15, 0.2) is 0 Å². The minimum atomic E-state index is -0.404. The van der Waals surface area contributed by atoms with Gasteiger partial charge in [-0.3, -0.25) is 4.79 Å². The predicted molar refractivity (Wildman–Crippen MR) is 55.4 cm³/mol. The zero-order valence-corrected chi connectivity index (χ0v) is 8.99. The number of nitrogens with two attached hydrogens (primary N) is 1. The predicted octanol–water partition coefficient (Wildman–Crippen LogP) is 0.876. The number of nitriles is 1. The molecular formula is C10H19N3O. The monoisotopic (exact) mass is 197 g/mol. The lowest BCUT2D eigenvalue weighted by molar-refractivity contribution is -0.131. The first kappa shape index (κ1) is 12.9. The summed E-state index contributed by atoms with van der Waals surface area (Å²) in [6, 6.07) is 1.60. The van der Waals surface area contributed by atoms with E-state index in [1.165, 1.54) is 4.90 Å². The minimum absolute atomic E-state index is 0.0614. The molecule has 0 aliphatic carbocycles. The minimum Gasteiger partial charge on any atom is -0.343 e. The van der Waals surface area contributed by atoms with Gasteiger partial charge in [0.2, 0.25) is 5.91 Å². The second kappa shape index (κ2) is 7.34. The van der Waals surface area contributed by atoms with Gasteiger partial charge in [-0.05, 0) is 6.42 Å². The molecule has 0 unspecified atom stereocenters. The molecule has 0 aromatic rings. The van der Waals surface area contributed by atoms with Crippen LogP contribution < -0.4 is 5.73 Å². The van der Waals surface area contributed by atoms with Gasteiger partial charge in [-0.1, -0.05) is 19.8 Å². The number of amides is 1. The van der Waals surface area contributed by atoms with E-state index in [1.54, 1.807) is 7.05 Å². The van der Waals surface area contributed by atoms with E-state index in [0.717, 1.165) is 19.3 Å². The lowest BCUT2D eigenvalue weighted by Crippen LogP contribution is -2.42. The van der Waals surface area contributed by atoms with Crippen LogP contribution in [0.25, 0.3) is 0 Å². The van der Waals surface area contributed by atoms with E-state index in [1.807, 2.05) is 6.07 Å².